The summed E-state index contributed by atoms with van der Waals surface area (Å²) in [6, 6.07) is 5.18. The molecule has 34 heavy (non-hydrogen) atoms. The van der Waals surface area contributed by atoms with Crippen LogP contribution in [0.4, 0.5) is 20.4 Å². The van der Waals surface area contributed by atoms with Crippen molar-refractivity contribution in [2.75, 3.05) is 49.3 Å². The minimum atomic E-state index is -0.400. The van der Waals surface area contributed by atoms with Crippen LogP contribution in [-0.2, 0) is 19.7 Å². The molecule has 3 amide bonds. The number of esters is 1. The van der Waals surface area contributed by atoms with Crippen molar-refractivity contribution in [3.05, 3.63) is 35.0 Å². The Hall–Kier alpha value is -2.50. The fourth-order valence-corrected chi connectivity index (χ4v) is 6.37. The van der Waals surface area contributed by atoms with Gasteiger partial charge < -0.3 is 14.4 Å². The first kappa shape index (κ1) is 24.6. The molecule has 1 atom stereocenters. The van der Waals surface area contributed by atoms with Gasteiger partial charge in [0.15, 0.2) is 5.13 Å². The summed E-state index contributed by atoms with van der Waals surface area (Å²) in [6.45, 7) is 3.57. The highest BCUT2D eigenvalue weighted by Crippen LogP contribution is 2.47. The van der Waals surface area contributed by atoms with Crippen LogP contribution in [0.3, 0.4) is 0 Å². The van der Waals surface area contributed by atoms with E-state index in [4.69, 9.17) is 21.1 Å². The van der Waals surface area contributed by atoms with Crippen molar-refractivity contribution >= 4 is 63.6 Å². The fourth-order valence-electron chi connectivity index (χ4n) is 4.34. The molecule has 0 saturated carbocycles. The molecule has 1 aromatic carbocycles. The average molecular weight is 525 g/mol. The largest absolute Gasteiger partial charge is 0.466 e. The maximum Gasteiger partial charge on any atom is 0.409 e. The zero-order valence-electron chi connectivity index (χ0n) is 18.8. The van der Waals surface area contributed by atoms with Crippen molar-refractivity contribution in [2.45, 2.75) is 29.4 Å². The van der Waals surface area contributed by atoms with E-state index < -0.39 is 5.41 Å². The van der Waals surface area contributed by atoms with Gasteiger partial charge in [0, 0.05) is 41.5 Å². The molecule has 2 aromatic rings. The number of thioether (sulfide) groups is 1. The minimum absolute atomic E-state index is 0.229. The van der Waals surface area contributed by atoms with E-state index in [2.05, 4.69) is 10.3 Å². The van der Waals surface area contributed by atoms with Gasteiger partial charge in [-0.2, -0.15) is 0 Å². The highest BCUT2D eigenvalue weighted by atomic mass is 35.5. The Labute approximate surface area is 210 Å². The zero-order chi connectivity index (χ0) is 24.3. The molecule has 182 valence electrons. The average Bonchev–Trinajstić information content (AvgIpc) is 3.52. The quantitative estimate of drug-likeness (QED) is 0.435. The minimum Gasteiger partial charge on any atom is -0.466 e. The molecular formula is C22H25ClN4O5S2. The second kappa shape index (κ2) is 10.4. The second-order valence-electron chi connectivity index (χ2n) is 7.99. The number of anilines is 2. The molecule has 2 aliphatic heterocycles. The van der Waals surface area contributed by atoms with E-state index in [9.17, 15) is 14.4 Å². The number of hydrogen-bond acceptors (Lipinski definition) is 8. The van der Waals surface area contributed by atoms with Crippen molar-refractivity contribution in [1.82, 2.24) is 9.88 Å². The second-order valence-corrected chi connectivity index (χ2v) is 10.8. The Morgan fingerprint density at radius 3 is 2.91 bits per heavy atom. The molecule has 0 radical (unpaired) electrons. The van der Waals surface area contributed by atoms with E-state index in [0.29, 0.717) is 55.0 Å². The number of thiazole rings is 1. The lowest BCUT2D eigenvalue weighted by molar-refractivity contribution is -0.142. The molecule has 1 aromatic heterocycles. The van der Waals surface area contributed by atoms with Gasteiger partial charge in [-0.15, -0.1) is 11.8 Å². The summed E-state index contributed by atoms with van der Waals surface area (Å²) >= 11 is 9.13. The third-order valence-corrected chi connectivity index (χ3v) is 8.21. The molecule has 3 heterocycles. The number of likely N-dealkylation sites (tertiary alicyclic amines) is 1. The lowest BCUT2D eigenvalue weighted by Crippen LogP contribution is -2.41. The van der Waals surface area contributed by atoms with Gasteiger partial charge in [0.2, 0.25) is 0 Å². The monoisotopic (exact) mass is 524 g/mol. The van der Waals surface area contributed by atoms with Gasteiger partial charge in [-0.3, -0.25) is 15.0 Å². The predicted molar refractivity (Wildman–Crippen MR) is 132 cm³/mol. The number of amides is 3. The number of urea groups is 1. The molecule has 0 aliphatic carbocycles. The van der Waals surface area contributed by atoms with Gasteiger partial charge >= 0.3 is 18.1 Å². The number of halogens is 1. The Kier molecular flexibility index (Phi) is 7.54. The number of aromatic nitrogens is 1. The van der Waals surface area contributed by atoms with Crippen LogP contribution in [0.1, 0.15) is 25.3 Å². The summed E-state index contributed by atoms with van der Waals surface area (Å²) in [5.41, 5.74) is 1.33. The fraction of sp³-hybridized carbons (Fsp3) is 0.455. The van der Waals surface area contributed by atoms with Crippen molar-refractivity contribution < 1.29 is 23.9 Å². The molecular weight excluding hydrogens is 500 g/mol. The summed E-state index contributed by atoms with van der Waals surface area (Å²) in [6.07, 6.45) is 2.33. The van der Waals surface area contributed by atoms with Crippen molar-refractivity contribution in [3.63, 3.8) is 0 Å². The lowest BCUT2D eigenvalue weighted by atomic mass is 9.81. The first-order chi connectivity index (χ1) is 16.3. The van der Waals surface area contributed by atoms with Crippen LogP contribution >= 0.6 is 34.7 Å². The summed E-state index contributed by atoms with van der Waals surface area (Å²) < 4.78 is 10.7. The van der Waals surface area contributed by atoms with Gasteiger partial charge in [-0.25, -0.2) is 14.6 Å². The Balaban J connectivity index is 1.44. The molecule has 4 rings (SSSR count). The van der Waals surface area contributed by atoms with E-state index in [0.717, 1.165) is 15.5 Å². The summed E-state index contributed by atoms with van der Waals surface area (Å²) in [7, 11) is 1.37. The molecule has 1 fully saturated rings. The lowest BCUT2D eigenvalue weighted by Gasteiger charge is -2.25. The van der Waals surface area contributed by atoms with Crippen LogP contribution in [-0.4, -0.2) is 67.1 Å². The van der Waals surface area contributed by atoms with Crippen LogP contribution in [0, 0.1) is 0 Å². The summed E-state index contributed by atoms with van der Waals surface area (Å²) in [5, 5.41) is 3.94. The first-order valence-corrected chi connectivity index (χ1v) is 13.0. The number of carbonyl (C=O) groups excluding carboxylic acids is 3. The molecule has 2 aliphatic rings. The number of carbonyl (C=O) groups is 3. The van der Waals surface area contributed by atoms with E-state index >= 15 is 0 Å². The van der Waals surface area contributed by atoms with Crippen LogP contribution in [0.25, 0.3) is 0 Å². The van der Waals surface area contributed by atoms with Crippen LogP contribution in [0.5, 0.6) is 0 Å². The number of methoxy groups -OCH3 is 1. The van der Waals surface area contributed by atoms with E-state index in [1.165, 1.54) is 30.2 Å². The van der Waals surface area contributed by atoms with Gasteiger partial charge in [0.1, 0.15) is 0 Å². The number of rotatable bonds is 6. The van der Waals surface area contributed by atoms with Crippen LogP contribution < -0.4 is 10.2 Å². The molecule has 1 N–H and O–H groups in total. The topological polar surface area (TPSA) is 101 Å². The molecule has 9 nitrogen and oxygen atoms in total. The maximum atomic E-state index is 13.2. The third kappa shape index (κ3) is 5.11. The zero-order valence-corrected chi connectivity index (χ0v) is 21.2. The smallest absolute Gasteiger partial charge is 0.409 e. The molecule has 1 saturated heterocycles. The standard InChI is InChI=1S/C22H25ClN4O5S2/c1-3-32-17(28)6-9-33-18-11-24-19(34-18)25-20(29)27-13-22(7-8-26(12-22)21(30)31-2)15-10-14(23)4-5-16(15)27/h4-5,10-11H,3,6-9,12-13H2,1-2H3,(H,24,25,29). The first-order valence-electron chi connectivity index (χ1n) is 10.8. The Morgan fingerprint density at radius 1 is 1.32 bits per heavy atom. The number of benzene rings is 1. The molecule has 1 spiro atoms. The van der Waals surface area contributed by atoms with Crippen molar-refractivity contribution in [3.8, 4) is 0 Å². The Bertz CT molecular complexity index is 1100. The van der Waals surface area contributed by atoms with Crippen molar-refractivity contribution in [2.24, 2.45) is 0 Å². The van der Waals surface area contributed by atoms with Gasteiger partial charge in [0.25, 0.3) is 0 Å². The highest BCUT2D eigenvalue weighted by molar-refractivity contribution is 8.01. The number of hydrogen-bond donors (Lipinski definition) is 1. The normalized spacial score (nSPS) is 18.8. The predicted octanol–water partition coefficient (Wildman–Crippen LogP) is 4.60. The summed E-state index contributed by atoms with van der Waals surface area (Å²) in [4.78, 5) is 44.4. The molecule has 1 unspecified atom stereocenters. The van der Waals surface area contributed by atoms with E-state index in [1.54, 1.807) is 29.0 Å². The summed E-state index contributed by atoms with van der Waals surface area (Å²) in [5.74, 6) is 0.348. The SMILES string of the molecule is CCOC(=O)CCSc1cnc(NC(=O)N2CC3(CCN(C(=O)OC)C3)c3cc(Cl)ccc32)s1. The molecule has 12 heteroatoms. The van der Waals surface area contributed by atoms with E-state index in [1.807, 2.05) is 12.1 Å². The van der Waals surface area contributed by atoms with Gasteiger partial charge in [-0.05, 0) is 37.1 Å². The third-order valence-electron chi connectivity index (χ3n) is 5.87. The van der Waals surface area contributed by atoms with Crippen LogP contribution in [0.2, 0.25) is 5.02 Å². The molecule has 0 bridgehead atoms. The highest BCUT2D eigenvalue weighted by Gasteiger charge is 2.50. The van der Waals surface area contributed by atoms with E-state index in [-0.39, 0.29) is 18.1 Å². The van der Waals surface area contributed by atoms with Gasteiger partial charge in [-0.1, -0.05) is 22.9 Å². The number of nitrogens with one attached hydrogen (secondary N) is 1. The maximum absolute atomic E-state index is 13.2. The van der Waals surface area contributed by atoms with Crippen LogP contribution in [0.15, 0.2) is 28.6 Å². The number of ether oxygens (including phenoxy) is 2. The number of nitrogens with zero attached hydrogens (tertiary/aromatic N) is 3. The van der Waals surface area contributed by atoms with Gasteiger partial charge in [0.05, 0.1) is 30.5 Å². The Morgan fingerprint density at radius 2 is 2.15 bits per heavy atom. The van der Waals surface area contributed by atoms with Crippen molar-refractivity contribution in [1.29, 1.82) is 0 Å². The number of fused-ring (bicyclic) bond motifs is 2.